The summed E-state index contributed by atoms with van der Waals surface area (Å²) in [4.78, 5) is 17.0. The number of amides is 1. The third-order valence-corrected chi connectivity index (χ3v) is 5.19. The predicted octanol–water partition coefficient (Wildman–Crippen LogP) is 4.45. The lowest BCUT2D eigenvalue weighted by Crippen LogP contribution is -2.34. The summed E-state index contributed by atoms with van der Waals surface area (Å²) >= 11 is 7.61. The second-order valence-corrected chi connectivity index (χ2v) is 7.19. The number of thiophene rings is 1. The number of hydrogen-bond donors (Lipinski definition) is 0. The SMILES string of the molecule is Cc1ccc(C2CCCN2C(=O)COc2ccc(Cl)cc2)s1. The zero-order valence-corrected chi connectivity index (χ0v) is 14.0. The number of carbonyl (C=O) groups is 1. The van der Waals surface area contributed by atoms with E-state index in [4.69, 9.17) is 16.3 Å². The fourth-order valence-electron chi connectivity index (χ4n) is 2.75. The van der Waals surface area contributed by atoms with Crippen LogP contribution in [0.1, 0.15) is 28.6 Å². The zero-order valence-electron chi connectivity index (χ0n) is 12.4. The van der Waals surface area contributed by atoms with Crippen molar-refractivity contribution < 1.29 is 9.53 Å². The van der Waals surface area contributed by atoms with Gasteiger partial charge in [-0.2, -0.15) is 0 Å². The van der Waals surface area contributed by atoms with Crippen molar-refractivity contribution in [3.63, 3.8) is 0 Å². The molecule has 1 saturated heterocycles. The molecule has 1 aliphatic rings. The molecule has 0 spiro atoms. The first-order valence-corrected chi connectivity index (χ1v) is 8.57. The van der Waals surface area contributed by atoms with Gasteiger partial charge in [0.2, 0.25) is 0 Å². The van der Waals surface area contributed by atoms with Crippen molar-refractivity contribution in [3.05, 3.63) is 51.2 Å². The first-order valence-electron chi connectivity index (χ1n) is 7.37. The highest BCUT2D eigenvalue weighted by molar-refractivity contribution is 7.12. The molecule has 3 rings (SSSR count). The highest BCUT2D eigenvalue weighted by Gasteiger charge is 2.30. The summed E-state index contributed by atoms with van der Waals surface area (Å²) in [7, 11) is 0. The fraction of sp³-hybridized carbons (Fsp3) is 0.353. The minimum Gasteiger partial charge on any atom is -0.484 e. The Hall–Kier alpha value is -1.52. The molecule has 1 amide bonds. The molecule has 116 valence electrons. The van der Waals surface area contributed by atoms with Gasteiger partial charge in [-0.25, -0.2) is 0 Å². The highest BCUT2D eigenvalue weighted by Crippen LogP contribution is 2.35. The van der Waals surface area contributed by atoms with Crippen LogP contribution in [0.15, 0.2) is 36.4 Å². The molecule has 0 radical (unpaired) electrons. The Balaban J connectivity index is 1.62. The summed E-state index contributed by atoms with van der Waals surface area (Å²) in [6.45, 7) is 2.98. The number of likely N-dealkylation sites (tertiary alicyclic amines) is 1. The van der Waals surface area contributed by atoms with Gasteiger partial charge in [0, 0.05) is 21.3 Å². The van der Waals surface area contributed by atoms with Crippen LogP contribution in [0.25, 0.3) is 0 Å². The minimum atomic E-state index is 0.0449. The lowest BCUT2D eigenvalue weighted by atomic mass is 10.2. The van der Waals surface area contributed by atoms with Crippen molar-refractivity contribution in [3.8, 4) is 5.75 Å². The van der Waals surface area contributed by atoms with E-state index in [2.05, 4.69) is 19.1 Å². The summed E-state index contributed by atoms with van der Waals surface area (Å²) in [5.74, 6) is 0.712. The minimum absolute atomic E-state index is 0.0449. The molecule has 0 aliphatic carbocycles. The summed E-state index contributed by atoms with van der Waals surface area (Å²) in [5.41, 5.74) is 0. The summed E-state index contributed by atoms with van der Waals surface area (Å²) < 4.78 is 5.58. The van der Waals surface area contributed by atoms with E-state index in [-0.39, 0.29) is 18.6 Å². The summed E-state index contributed by atoms with van der Waals surface area (Å²) in [6.07, 6.45) is 2.08. The summed E-state index contributed by atoms with van der Waals surface area (Å²) in [6, 6.07) is 11.5. The average molecular weight is 336 g/mol. The van der Waals surface area contributed by atoms with E-state index in [1.54, 1.807) is 35.6 Å². The molecule has 22 heavy (non-hydrogen) atoms. The van der Waals surface area contributed by atoms with E-state index in [1.165, 1.54) is 9.75 Å². The van der Waals surface area contributed by atoms with Crippen LogP contribution in [-0.2, 0) is 4.79 Å². The predicted molar refractivity (Wildman–Crippen MR) is 89.7 cm³/mol. The van der Waals surface area contributed by atoms with Crippen molar-refractivity contribution in [2.75, 3.05) is 13.2 Å². The molecule has 0 bridgehead atoms. The Morgan fingerprint density at radius 2 is 2.09 bits per heavy atom. The molecule has 0 saturated carbocycles. The van der Waals surface area contributed by atoms with Crippen LogP contribution in [-0.4, -0.2) is 24.0 Å². The summed E-state index contributed by atoms with van der Waals surface area (Å²) in [5, 5.41) is 0.659. The molecular formula is C17H18ClNO2S. The molecule has 0 N–H and O–H groups in total. The Kier molecular flexibility index (Phi) is 4.69. The topological polar surface area (TPSA) is 29.5 Å². The quantitative estimate of drug-likeness (QED) is 0.826. The number of halogens is 1. The van der Waals surface area contributed by atoms with Crippen molar-refractivity contribution in [2.45, 2.75) is 25.8 Å². The monoisotopic (exact) mass is 335 g/mol. The molecule has 1 aromatic carbocycles. The van der Waals surface area contributed by atoms with E-state index < -0.39 is 0 Å². The van der Waals surface area contributed by atoms with Gasteiger partial charge < -0.3 is 9.64 Å². The van der Waals surface area contributed by atoms with Gasteiger partial charge in [-0.15, -0.1) is 11.3 Å². The average Bonchev–Trinajstić information content (AvgIpc) is 3.14. The Morgan fingerprint density at radius 1 is 1.32 bits per heavy atom. The number of nitrogens with zero attached hydrogens (tertiary/aromatic N) is 1. The smallest absolute Gasteiger partial charge is 0.261 e. The van der Waals surface area contributed by atoms with E-state index in [0.29, 0.717) is 10.8 Å². The second kappa shape index (κ2) is 6.71. The van der Waals surface area contributed by atoms with E-state index in [9.17, 15) is 4.79 Å². The number of rotatable bonds is 4. The van der Waals surface area contributed by atoms with Gasteiger partial charge in [0.25, 0.3) is 5.91 Å². The van der Waals surface area contributed by atoms with Crippen LogP contribution in [0.5, 0.6) is 5.75 Å². The molecule has 1 atom stereocenters. The van der Waals surface area contributed by atoms with Gasteiger partial charge in [0.1, 0.15) is 5.75 Å². The van der Waals surface area contributed by atoms with Crippen LogP contribution >= 0.6 is 22.9 Å². The third-order valence-electron chi connectivity index (χ3n) is 3.84. The second-order valence-electron chi connectivity index (χ2n) is 5.44. The standard InChI is InChI=1S/C17H18ClNO2S/c1-12-4-9-16(22-12)15-3-2-10-19(15)17(20)11-21-14-7-5-13(18)6-8-14/h4-9,15H,2-3,10-11H2,1H3. The molecule has 2 aromatic rings. The fourth-order valence-corrected chi connectivity index (χ4v) is 3.90. The van der Waals surface area contributed by atoms with Crippen LogP contribution in [0, 0.1) is 6.92 Å². The van der Waals surface area contributed by atoms with E-state index in [1.807, 2.05) is 4.90 Å². The van der Waals surface area contributed by atoms with Crippen molar-refractivity contribution in [1.82, 2.24) is 4.90 Å². The van der Waals surface area contributed by atoms with Crippen molar-refractivity contribution in [2.24, 2.45) is 0 Å². The third kappa shape index (κ3) is 3.45. The highest BCUT2D eigenvalue weighted by atomic mass is 35.5. The Labute approximate surface area is 139 Å². The largest absolute Gasteiger partial charge is 0.484 e. The van der Waals surface area contributed by atoms with Crippen LogP contribution in [0.3, 0.4) is 0 Å². The molecule has 1 aliphatic heterocycles. The van der Waals surface area contributed by atoms with E-state index in [0.717, 1.165) is 19.4 Å². The van der Waals surface area contributed by atoms with Gasteiger partial charge >= 0.3 is 0 Å². The maximum absolute atomic E-state index is 12.5. The number of carbonyl (C=O) groups excluding carboxylic acids is 1. The molecule has 3 nitrogen and oxygen atoms in total. The van der Waals surface area contributed by atoms with Gasteiger partial charge in [0.15, 0.2) is 6.61 Å². The first-order chi connectivity index (χ1) is 10.6. The zero-order chi connectivity index (χ0) is 15.5. The van der Waals surface area contributed by atoms with Gasteiger partial charge in [-0.1, -0.05) is 11.6 Å². The van der Waals surface area contributed by atoms with Gasteiger partial charge in [-0.05, 0) is 56.2 Å². The van der Waals surface area contributed by atoms with Crippen LogP contribution in [0.2, 0.25) is 5.02 Å². The van der Waals surface area contributed by atoms with Crippen molar-refractivity contribution in [1.29, 1.82) is 0 Å². The molecule has 1 fully saturated rings. The van der Waals surface area contributed by atoms with Crippen molar-refractivity contribution >= 4 is 28.8 Å². The molecule has 1 aromatic heterocycles. The van der Waals surface area contributed by atoms with Gasteiger partial charge in [0.05, 0.1) is 6.04 Å². The maximum Gasteiger partial charge on any atom is 0.261 e. The van der Waals surface area contributed by atoms with Crippen LogP contribution < -0.4 is 4.74 Å². The Bertz CT molecular complexity index is 653. The van der Waals surface area contributed by atoms with Crippen LogP contribution in [0.4, 0.5) is 0 Å². The lowest BCUT2D eigenvalue weighted by molar-refractivity contribution is -0.134. The Morgan fingerprint density at radius 3 is 2.77 bits per heavy atom. The number of hydrogen-bond acceptors (Lipinski definition) is 3. The maximum atomic E-state index is 12.5. The molecule has 1 unspecified atom stereocenters. The normalized spacial score (nSPS) is 17.7. The molecule has 5 heteroatoms. The molecule has 2 heterocycles. The number of aryl methyl sites for hydroxylation is 1. The lowest BCUT2D eigenvalue weighted by Gasteiger charge is -2.24. The van der Waals surface area contributed by atoms with Gasteiger partial charge in [-0.3, -0.25) is 4.79 Å². The number of benzene rings is 1. The molecular weight excluding hydrogens is 318 g/mol. The first kappa shape index (κ1) is 15.4. The van der Waals surface area contributed by atoms with E-state index >= 15 is 0 Å². The number of ether oxygens (including phenoxy) is 1.